The minimum Gasteiger partial charge on any atom is -0.495 e. The third-order valence-corrected chi connectivity index (χ3v) is 4.77. The zero-order valence-electron chi connectivity index (χ0n) is 15.7. The van der Waals surface area contributed by atoms with Gasteiger partial charge in [-0.1, -0.05) is 42.5 Å². The predicted molar refractivity (Wildman–Crippen MR) is 108 cm³/mol. The molecule has 6 heteroatoms. The van der Waals surface area contributed by atoms with Crippen LogP contribution in [0.5, 0.6) is 5.75 Å². The van der Waals surface area contributed by atoms with E-state index in [1.165, 1.54) is 24.1 Å². The van der Waals surface area contributed by atoms with E-state index in [9.17, 15) is 14.4 Å². The van der Waals surface area contributed by atoms with Gasteiger partial charge in [0.2, 0.25) is 0 Å². The van der Waals surface area contributed by atoms with Gasteiger partial charge in [-0.2, -0.15) is 0 Å². The Morgan fingerprint density at radius 3 is 2.34 bits per heavy atom. The van der Waals surface area contributed by atoms with Crippen molar-refractivity contribution in [3.8, 4) is 5.75 Å². The molecule has 1 heterocycles. The Morgan fingerprint density at radius 1 is 0.897 bits per heavy atom. The number of carbonyl (C=O) groups excluding carboxylic acids is 3. The number of para-hydroxylation sites is 2. The van der Waals surface area contributed by atoms with Crippen LogP contribution in [0.3, 0.4) is 0 Å². The van der Waals surface area contributed by atoms with Gasteiger partial charge >= 0.3 is 0 Å². The maximum atomic E-state index is 12.8. The second-order valence-corrected chi connectivity index (χ2v) is 6.60. The highest BCUT2D eigenvalue weighted by atomic mass is 16.5. The summed E-state index contributed by atoms with van der Waals surface area (Å²) in [4.78, 5) is 39.3. The van der Waals surface area contributed by atoms with Crippen LogP contribution in [0.15, 0.2) is 72.8 Å². The molecule has 6 nitrogen and oxygen atoms in total. The molecular weight excluding hydrogens is 368 g/mol. The molecule has 3 aromatic carbocycles. The lowest BCUT2D eigenvalue weighted by molar-refractivity contribution is 0.0642. The molecule has 1 aliphatic rings. The highest BCUT2D eigenvalue weighted by Gasteiger charge is 2.36. The predicted octanol–water partition coefficient (Wildman–Crippen LogP) is 3.74. The van der Waals surface area contributed by atoms with Gasteiger partial charge in [-0.25, -0.2) is 0 Å². The number of anilines is 1. The number of hydrogen-bond donors (Lipinski definition) is 1. The van der Waals surface area contributed by atoms with Crippen LogP contribution in [0, 0.1) is 0 Å². The fourth-order valence-corrected chi connectivity index (χ4v) is 3.28. The monoisotopic (exact) mass is 386 g/mol. The van der Waals surface area contributed by atoms with Gasteiger partial charge < -0.3 is 10.1 Å². The van der Waals surface area contributed by atoms with Crippen LogP contribution >= 0.6 is 0 Å². The van der Waals surface area contributed by atoms with Gasteiger partial charge in [-0.05, 0) is 35.9 Å². The van der Waals surface area contributed by atoms with Gasteiger partial charge in [0, 0.05) is 5.56 Å². The minimum absolute atomic E-state index is 0.190. The quantitative estimate of drug-likeness (QED) is 0.678. The van der Waals surface area contributed by atoms with Crippen molar-refractivity contribution < 1.29 is 19.1 Å². The zero-order chi connectivity index (χ0) is 20.4. The van der Waals surface area contributed by atoms with E-state index >= 15 is 0 Å². The van der Waals surface area contributed by atoms with Gasteiger partial charge in [0.15, 0.2) is 0 Å². The first-order chi connectivity index (χ1) is 14.1. The van der Waals surface area contributed by atoms with Gasteiger partial charge in [-0.3, -0.25) is 19.3 Å². The van der Waals surface area contributed by atoms with Crippen molar-refractivity contribution in [1.29, 1.82) is 0 Å². The minimum atomic E-state index is -0.402. The molecular formula is C23H18N2O4. The molecule has 29 heavy (non-hydrogen) atoms. The molecule has 1 aliphatic heterocycles. The van der Waals surface area contributed by atoms with Crippen LogP contribution in [0.4, 0.5) is 5.69 Å². The average molecular weight is 386 g/mol. The van der Waals surface area contributed by atoms with E-state index in [4.69, 9.17) is 4.74 Å². The molecule has 1 N–H and O–H groups in total. The highest BCUT2D eigenvalue weighted by molar-refractivity contribution is 6.22. The molecule has 0 unspecified atom stereocenters. The van der Waals surface area contributed by atoms with Crippen molar-refractivity contribution >= 4 is 23.4 Å². The molecule has 0 saturated carbocycles. The number of carbonyl (C=O) groups is 3. The molecule has 0 aliphatic carbocycles. The number of nitrogens with zero attached hydrogens (tertiary/aromatic N) is 1. The van der Waals surface area contributed by atoms with E-state index in [-0.39, 0.29) is 29.5 Å². The van der Waals surface area contributed by atoms with Crippen molar-refractivity contribution in [3.05, 3.63) is 95.1 Å². The number of benzene rings is 3. The van der Waals surface area contributed by atoms with Crippen LogP contribution in [0.25, 0.3) is 0 Å². The molecule has 4 rings (SSSR count). The second-order valence-electron chi connectivity index (χ2n) is 6.60. The van der Waals surface area contributed by atoms with Crippen molar-refractivity contribution in [3.63, 3.8) is 0 Å². The third-order valence-electron chi connectivity index (χ3n) is 4.77. The van der Waals surface area contributed by atoms with Crippen molar-refractivity contribution in [1.82, 2.24) is 4.90 Å². The lowest BCUT2D eigenvalue weighted by Crippen LogP contribution is -2.29. The fraction of sp³-hybridized carbons (Fsp3) is 0.0870. The molecule has 0 atom stereocenters. The summed E-state index contributed by atoms with van der Waals surface area (Å²) < 4.78 is 5.24. The number of methoxy groups -OCH3 is 1. The Morgan fingerprint density at radius 2 is 1.59 bits per heavy atom. The van der Waals surface area contributed by atoms with Crippen LogP contribution in [0.1, 0.15) is 36.6 Å². The van der Waals surface area contributed by atoms with Crippen LogP contribution in [-0.2, 0) is 6.54 Å². The highest BCUT2D eigenvalue weighted by Crippen LogP contribution is 2.27. The van der Waals surface area contributed by atoms with Gasteiger partial charge in [0.05, 0.1) is 30.5 Å². The topological polar surface area (TPSA) is 75.7 Å². The Hall–Kier alpha value is -3.93. The molecule has 0 bridgehead atoms. The summed E-state index contributed by atoms with van der Waals surface area (Å²) in [5, 5.41) is 2.77. The number of nitrogens with one attached hydrogen (secondary N) is 1. The first-order valence-corrected chi connectivity index (χ1v) is 9.07. The Labute approximate surface area is 167 Å². The number of imide groups is 1. The van der Waals surface area contributed by atoms with Crippen molar-refractivity contribution in [2.24, 2.45) is 0 Å². The van der Waals surface area contributed by atoms with Gasteiger partial charge in [0.1, 0.15) is 5.75 Å². The van der Waals surface area contributed by atoms with E-state index in [0.29, 0.717) is 17.0 Å². The molecule has 0 aromatic heterocycles. The zero-order valence-corrected chi connectivity index (χ0v) is 15.7. The molecule has 144 valence electrons. The number of amides is 3. The molecule has 0 radical (unpaired) electrons. The van der Waals surface area contributed by atoms with E-state index in [1.807, 2.05) is 30.3 Å². The summed E-state index contributed by atoms with van der Waals surface area (Å²) >= 11 is 0. The maximum absolute atomic E-state index is 12.8. The number of rotatable bonds is 5. The lowest BCUT2D eigenvalue weighted by Gasteiger charge is -2.13. The van der Waals surface area contributed by atoms with Crippen molar-refractivity contribution in [2.45, 2.75) is 6.54 Å². The molecule has 0 fully saturated rings. The van der Waals surface area contributed by atoms with E-state index in [2.05, 4.69) is 5.32 Å². The average Bonchev–Trinajstić information content (AvgIpc) is 2.99. The largest absolute Gasteiger partial charge is 0.495 e. The molecule has 0 saturated heterocycles. The number of fused-ring (bicyclic) bond motifs is 1. The van der Waals surface area contributed by atoms with Crippen molar-refractivity contribution in [2.75, 3.05) is 12.4 Å². The van der Waals surface area contributed by atoms with Crippen LogP contribution in [-0.4, -0.2) is 29.7 Å². The maximum Gasteiger partial charge on any atom is 0.261 e. The summed E-state index contributed by atoms with van der Waals surface area (Å²) in [7, 11) is 1.52. The summed E-state index contributed by atoms with van der Waals surface area (Å²) in [6, 6.07) is 20.9. The summed E-state index contributed by atoms with van der Waals surface area (Å²) in [5.41, 5.74) is 2.21. The Kier molecular flexibility index (Phi) is 4.83. The number of hydrogen-bond acceptors (Lipinski definition) is 4. The summed E-state index contributed by atoms with van der Waals surface area (Å²) in [6.07, 6.45) is 0. The SMILES string of the molecule is COc1ccccc1NC(=O)c1ccc2c(c1)C(=O)N(Cc1ccccc1)C2=O. The lowest BCUT2D eigenvalue weighted by atomic mass is 10.1. The third kappa shape index (κ3) is 3.48. The second kappa shape index (κ2) is 7.59. The molecule has 0 spiro atoms. The van der Waals surface area contributed by atoms with Crippen LogP contribution < -0.4 is 10.1 Å². The standard InChI is InChI=1S/C23H18N2O4/c1-29-20-10-6-5-9-19(20)24-21(26)16-11-12-17-18(13-16)23(28)25(22(17)27)14-15-7-3-2-4-8-15/h2-13H,14H2,1H3,(H,24,26). The smallest absolute Gasteiger partial charge is 0.261 e. The fourth-order valence-electron chi connectivity index (χ4n) is 3.28. The normalized spacial score (nSPS) is 12.7. The first kappa shape index (κ1) is 18.4. The van der Waals surface area contributed by atoms with Crippen LogP contribution in [0.2, 0.25) is 0 Å². The van der Waals surface area contributed by atoms with Gasteiger partial charge in [0.25, 0.3) is 17.7 Å². The Bertz CT molecular complexity index is 1110. The molecule has 3 aromatic rings. The van der Waals surface area contributed by atoms with E-state index in [1.54, 1.807) is 30.3 Å². The van der Waals surface area contributed by atoms with E-state index in [0.717, 1.165) is 5.56 Å². The summed E-state index contributed by atoms with van der Waals surface area (Å²) in [5.74, 6) is -0.618. The summed E-state index contributed by atoms with van der Waals surface area (Å²) in [6.45, 7) is 0.190. The first-order valence-electron chi connectivity index (χ1n) is 9.07. The van der Waals surface area contributed by atoms with E-state index < -0.39 is 5.91 Å². The van der Waals surface area contributed by atoms with Gasteiger partial charge in [-0.15, -0.1) is 0 Å². The number of ether oxygens (including phenoxy) is 1. The molecule has 3 amide bonds. The Balaban J connectivity index is 1.58.